The van der Waals surface area contributed by atoms with Gasteiger partial charge in [0.2, 0.25) is 6.29 Å². The van der Waals surface area contributed by atoms with Crippen molar-refractivity contribution in [2.75, 3.05) is 26.7 Å². The molecule has 1 atom stereocenters. The summed E-state index contributed by atoms with van der Waals surface area (Å²) in [6.07, 6.45) is 3.03. The number of fused-ring (bicyclic) bond motifs is 2. The molecule has 0 aliphatic carbocycles. The lowest BCUT2D eigenvalue weighted by atomic mass is 9.73. The fraction of sp³-hybridized carbons (Fsp3) is 0.400. The molecule has 1 fully saturated rings. The summed E-state index contributed by atoms with van der Waals surface area (Å²) in [5.41, 5.74) is 1.76. The van der Waals surface area contributed by atoms with Crippen molar-refractivity contribution in [3.8, 4) is 5.75 Å². The number of carboxylic acids is 2. The SMILES string of the molecule is COC1Oc2ccccc2C12CCN(CCCC(=O)c1ccc(F)cc1)CC2.O=C(O)C(=O)O. The highest BCUT2D eigenvalue weighted by molar-refractivity contribution is 6.27. The van der Waals surface area contributed by atoms with Crippen LogP contribution in [0.2, 0.25) is 0 Å². The lowest BCUT2D eigenvalue weighted by Crippen LogP contribution is -2.49. The molecule has 2 heterocycles. The predicted molar refractivity (Wildman–Crippen MR) is 120 cm³/mol. The van der Waals surface area contributed by atoms with Crippen molar-refractivity contribution >= 4 is 17.7 Å². The summed E-state index contributed by atoms with van der Waals surface area (Å²) in [7, 11) is 1.71. The van der Waals surface area contributed by atoms with Crippen molar-refractivity contribution in [3.63, 3.8) is 0 Å². The molecule has 0 aromatic heterocycles. The van der Waals surface area contributed by atoms with Crippen LogP contribution in [0.1, 0.15) is 41.6 Å². The number of nitrogens with zero attached hydrogens (tertiary/aromatic N) is 1. The third-order valence-corrected chi connectivity index (χ3v) is 6.30. The van der Waals surface area contributed by atoms with Crippen LogP contribution in [0.5, 0.6) is 5.75 Å². The second-order valence-electron chi connectivity index (χ2n) is 8.32. The van der Waals surface area contributed by atoms with Crippen LogP contribution < -0.4 is 4.74 Å². The van der Waals surface area contributed by atoms with Crippen molar-refractivity contribution in [1.29, 1.82) is 0 Å². The van der Waals surface area contributed by atoms with Gasteiger partial charge in [0.15, 0.2) is 5.78 Å². The summed E-state index contributed by atoms with van der Waals surface area (Å²) in [5.74, 6) is -2.95. The number of halogens is 1. The molecule has 8 nitrogen and oxygen atoms in total. The number of ether oxygens (including phenoxy) is 2. The highest BCUT2D eigenvalue weighted by Gasteiger charge is 2.50. The third kappa shape index (κ3) is 5.78. The Kier molecular flexibility index (Phi) is 8.36. The molecule has 0 amide bonds. The van der Waals surface area contributed by atoms with Gasteiger partial charge in [-0.15, -0.1) is 0 Å². The Morgan fingerprint density at radius 2 is 1.68 bits per heavy atom. The Labute approximate surface area is 196 Å². The molecule has 182 valence electrons. The molecule has 2 N–H and O–H groups in total. The highest BCUT2D eigenvalue weighted by Crippen LogP contribution is 2.49. The third-order valence-electron chi connectivity index (χ3n) is 6.30. The van der Waals surface area contributed by atoms with Gasteiger partial charge in [0.05, 0.1) is 5.41 Å². The number of carbonyl (C=O) groups excluding carboxylic acids is 1. The smallest absolute Gasteiger partial charge is 0.414 e. The number of piperidine rings is 1. The molecule has 0 saturated carbocycles. The van der Waals surface area contributed by atoms with Crippen molar-refractivity contribution in [2.45, 2.75) is 37.4 Å². The number of benzene rings is 2. The van der Waals surface area contributed by atoms with Crippen LogP contribution in [-0.4, -0.2) is 65.9 Å². The molecule has 0 radical (unpaired) electrons. The van der Waals surface area contributed by atoms with Gasteiger partial charge in [0.1, 0.15) is 11.6 Å². The summed E-state index contributed by atoms with van der Waals surface area (Å²) in [4.78, 5) is 32.9. The van der Waals surface area contributed by atoms with E-state index in [0.717, 1.165) is 44.6 Å². The topological polar surface area (TPSA) is 113 Å². The van der Waals surface area contributed by atoms with Crippen molar-refractivity contribution in [3.05, 3.63) is 65.5 Å². The molecular weight excluding hydrogens is 445 g/mol. The number of carboxylic acid groups (broad SMARTS) is 2. The number of rotatable bonds is 6. The normalized spacial score (nSPS) is 18.4. The highest BCUT2D eigenvalue weighted by atomic mass is 19.1. The number of ketones is 1. The van der Waals surface area contributed by atoms with Gasteiger partial charge in [0, 0.05) is 24.7 Å². The monoisotopic (exact) mass is 473 g/mol. The number of Topliss-reactive ketones (excluding diaryl/α,β-unsaturated/α-hetero) is 1. The zero-order valence-electron chi connectivity index (χ0n) is 18.9. The van der Waals surface area contributed by atoms with Crippen molar-refractivity contribution in [1.82, 2.24) is 4.90 Å². The maximum Gasteiger partial charge on any atom is 0.414 e. The Morgan fingerprint density at radius 3 is 2.26 bits per heavy atom. The quantitative estimate of drug-likeness (QED) is 0.485. The van der Waals surface area contributed by atoms with Gasteiger partial charge in [-0.1, -0.05) is 18.2 Å². The van der Waals surface area contributed by atoms with Gasteiger partial charge in [0.25, 0.3) is 0 Å². The number of carbonyl (C=O) groups is 3. The molecule has 2 aliphatic rings. The number of methoxy groups -OCH3 is 1. The van der Waals surface area contributed by atoms with E-state index in [9.17, 15) is 9.18 Å². The number of aliphatic carboxylic acids is 2. The number of hydrogen-bond donors (Lipinski definition) is 2. The zero-order valence-corrected chi connectivity index (χ0v) is 18.9. The Balaban J connectivity index is 0.000000481. The molecular formula is C25H28FNO7. The van der Waals surface area contributed by atoms with Gasteiger partial charge in [-0.05, 0) is 69.2 Å². The summed E-state index contributed by atoms with van der Waals surface area (Å²) >= 11 is 0. The zero-order chi connectivity index (χ0) is 24.7. The average Bonchev–Trinajstić information content (AvgIpc) is 3.14. The van der Waals surface area contributed by atoms with Crippen LogP contribution in [0.3, 0.4) is 0 Å². The first-order valence-corrected chi connectivity index (χ1v) is 11.0. The largest absolute Gasteiger partial charge is 0.473 e. The first-order chi connectivity index (χ1) is 16.3. The van der Waals surface area contributed by atoms with Crippen LogP contribution >= 0.6 is 0 Å². The summed E-state index contributed by atoms with van der Waals surface area (Å²) in [6, 6.07) is 14.0. The van der Waals surface area contributed by atoms with Crippen LogP contribution in [0.25, 0.3) is 0 Å². The van der Waals surface area contributed by atoms with E-state index in [4.69, 9.17) is 29.3 Å². The lowest BCUT2D eigenvalue weighted by Gasteiger charge is -2.41. The number of hydrogen-bond acceptors (Lipinski definition) is 6. The summed E-state index contributed by atoms with van der Waals surface area (Å²) < 4.78 is 24.7. The van der Waals surface area contributed by atoms with Gasteiger partial charge in [-0.25, -0.2) is 14.0 Å². The maximum absolute atomic E-state index is 13.0. The lowest BCUT2D eigenvalue weighted by molar-refractivity contribution is -0.159. The van der Waals surface area contributed by atoms with E-state index in [1.807, 2.05) is 12.1 Å². The Bertz CT molecular complexity index is 1000. The van der Waals surface area contributed by atoms with E-state index in [1.165, 1.54) is 17.7 Å². The Morgan fingerprint density at radius 1 is 1.06 bits per heavy atom. The number of likely N-dealkylation sites (tertiary alicyclic amines) is 1. The molecule has 0 bridgehead atoms. The Hall–Kier alpha value is -3.30. The fourth-order valence-electron chi connectivity index (χ4n) is 4.53. The van der Waals surface area contributed by atoms with E-state index in [0.29, 0.717) is 12.0 Å². The molecule has 1 saturated heterocycles. The first-order valence-electron chi connectivity index (χ1n) is 11.0. The molecule has 2 aromatic rings. The molecule has 2 aliphatic heterocycles. The second-order valence-corrected chi connectivity index (χ2v) is 8.32. The standard InChI is InChI=1S/C23H26FNO3.C2H2O4/c1-27-22-23(19-5-2-3-7-21(19)28-22)12-15-25(16-13-23)14-4-6-20(26)17-8-10-18(24)11-9-17;3-1(4)2(5)6/h2-3,5,7-11,22H,4,6,12-16H2,1H3;(H,3,4)(H,5,6). The van der Waals surface area contributed by atoms with Gasteiger partial charge >= 0.3 is 11.9 Å². The van der Waals surface area contributed by atoms with Crippen LogP contribution in [-0.2, 0) is 19.7 Å². The van der Waals surface area contributed by atoms with E-state index < -0.39 is 11.9 Å². The molecule has 1 spiro atoms. The van der Waals surface area contributed by atoms with E-state index >= 15 is 0 Å². The molecule has 4 rings (SSSR count). The first kappa shape index (κ1) is 25.3. The van der Waals surface area contributed by atoms with Crippen LogP contribution in [0.4, 0.5) is 4.39 Å². The van der Waals surface area contributed by atoms with Crippen LogP contribution in [0.15, 0.2) is 48.5 Å². The minimum Gasteiger partial charge on any atom is -0.473 e. The minimum atomic E-state index is -1.82. The average molecular weight is 473 g/mol. The molecule has 2 aromatic carbocycles. The van der Waals surface area contributed by atoms with E-state index in [1.54, 1.807) is 19.2 Å². The molecule has 9 heteroatoms. The second kappa shape index (κ2) is 11.2. The summed E-state index contributed by atoms with van der Waals surface area (Å²) in [5, 5.41) is 14.8. The maximum atomic E-state index is 13.0. The van der Waals surface area contributed by atoms with Crippen molar-refractivity contribution < 1.29 is 38.5 Å². The van der Waals surface area contributed by atoms with Gasteiger partial charge in [-0.3, -0.25) is 4.79 Å². The van der Waals surface area contributed by atoms with Gasteiger partial charge in [-0.2, -0.15) is 0 Å². The van der Waals surface area contributed by atoms with Crippen LogP contribution in [0, 0.1) is 5.82 Å². The summed E-state index contributed by atoms with van der Waals surface area (Å²) in [6.45, 7) is 2.81. The van der Waals surface area contributed by atoms with Gasteiger partial charge < -0.3 is 24.6 Å². The van der Waals surface area contributed by atoms with E-state index in [2.05, 4.69) is 17.0 Å². The van der Waals surface area contributed by atoms with E-state index in [-0.39, 0.29) is 23.3 Å². The molecule has 34 heavy (non-hydrogen) atoms. The minimum absolute atomic E-state index is 0.0750. The van der Waals surface area contributed by atoms with Crippen molar-refractivity contribution in [2.24, 2.45) is 0 Å². The predicted octanol–water partition coefficient (Wildman–Crippen LogP) is 3.34. The molecule has 1 unspecified atom stereocenters. The number of para-hydroxylation sites is 1. The fourth-order valence-corrected chi connectivity index (χ4v) is 4.53.